The van der Waals surface area contributed by atoms with E-state index in [4.69, 9.17) is 25.7 Å². The molecule has 5 rings (SSSR count). The van der Waals surface area contributed by atoms with Gasteiger partial charge in [0.2, 0.25) is 0 Å². The molecule has 0 spiro atoms. The second-order valence-corrected chi connectivity index (χ2v) is 25.8. The topological polar surface area (TPSA) is 52.4 Å². The lowest BCUT2D eigenvalue weighted by Crippen LogP contribution is -2.40. The largest absolute Gasteiger partial charge is 0.412 e. The number of hydrogen-bond acceptors (Lipinski definition) is 6. The van der Waals surface area contributed by atoms with Crippen molar-refractivity contribution in [2.45, 2.75) is 77.9 Å². The van der Waals surface area contributed by atoms with Crippen LogP contribution in [0.3, 0.4) is 0 Å². The quantitative estimate of drug-likeness (QED) is 0.128. The maximum atomic E-state index is 6.72. The van der Waals surface area contributed by atoms with Crippen LogP contribution in [0.2, 0.25) is 48.8 Å². The van der Waals surface area contributed by atoms with E-state index >= 15 is 0 Å². The molecule has 3 aromatic heterocycles. The van der Waals surface area contributed by atoms with Crippen LogP contribution in [0.4, 0.5) is 11.4 Å². The molecule has 4 heterocycles. The minimum atomic E-state index is -1.87. The van der Waals surface area contributed by atoms with Gasteiger partial charge in [-0.05, 0) is 48.4 Å². The van der Waals surface area contributed by atoms with E-state index in [1.165, 1.54) is 4.88 Å². The molecule has 0 amide bonds. The molecule has 0 bridgehead atoms. The van der Waals surface area contributed by atoms with Crippen molar-refractivity contribution in [2.24, 2.45) is 0 Å². The van der Waals surface area contributed by atoms with Crippen LogP contribution >= 0.6 is 22.9 Å². The average molecular weight is 639 g/mol. The summed E-state index contributed by atoms with van der Waals surface area (Å²) >= 11 is 8.49. The third kappa shape index (κ3) is 6.92. The molecule has 4 aromatic rings. The molecule has 224 valence electrons. The van der Waals surface area contributed by atoms with Crippen molar-refractivity contribution >= 4 is 67.0 Å². The summed E-state index contributed by atoms with van der Waals surface area (Å²) in [6.45, 7) is 21.1. The molecule has 0 N–H and O–H groups in total. The van der Waals surface area contributed by atoms with Crippen molar-refractivity contribution in [1.82, 2.24) is 14.8 Å². The zero-order chi connectivity index (χ0) is 30.3. The van der Waals surface area contributed by atoms with Gasteiger partial charge in [0.1, 0.15) is 6.73 Å². The summed E-state index contributed by atoms with van der Waals surface area (Å²) in [7, 11) is -3.00. The molecule has 0 atom stereocenters. The van der Waals surface area contributed by atoms with Gasteiger partial charge in [-0.3, -0.25) is 4.98 Å². The Balaban J connectivity index is 1.46. The van der Waals surface area contributed by atoms with Crippen LogP contribution in [0.25, 0.3) is 27.4 Å². The average Bonchev–Trinajstić information content (AvgIpc) is 3.55. The second-order valence-electron chi connectivity index (χ2n) is 13.8. The predicted molar refractivity (Wildman–Crippen MR) is 184 cm³/mol. The fraction of sp³-hybridized carbons (Fsp3) is 0.438. The summed E-state index contributed by atoms with van der Waals surface area (Å²) in [5, 5.41) is 5.50. The number of thiophene rings is 1. The SMILES string of the molecule is CC(C)(C)[Si](C)(C)OCc1cc2nccc(-c3cc(Cl)cc4c3N(c3cnn(COCC[Si](C)(C)C)c3)CC=C4)c2s1. The predicted octanol–water partition coefficient (Wildman–Crippen LogP) is 9.81. The molecule has 1 aliphatic rings. The van der Waals surface area contributed by atoms with E-state index in [1.54, 1.807) is 11.3 Å². The third-order valence-corrected chi connectivity index (χ3v) is 15.8. The molecule has 0 radical (unpaired) electrons. The van der Waals surface area contributed by atoms with E-state index in [-0.39, 0.29) is 5.04 Å². The van der Waals surface area contributed by atoms with Gasteiger partial charge in [0, 0.05) is 54.0 Å². The molecular weight excluding hydrogens is 596 g/mol. The summed E-state index contributed by atoms with van der Waals surface area (Å²) in [6.07, 6.45) is 10.2. The van der Waals surface area contributed by atoms with Gasteiger partial charge in [0.05, 0.1) is 40.6 Å². The zero-order valence-corrected chi connectivity index (χ0v) is 29.7. The lowest BCUT2D eigenvalue weighted by molar-refractivity contribution is 0.0786. The number of fused-ring (bicyclic) bond motifs is 2. The van der Waals surface area contributed by atoms with Crippen molar-refractivity contribution in [1.29, 1.82) is 0 Å². The first-order chi connectivity index (χ1) is 19.7. The van der Waals surface area contributed by atoms with E-state index in [9.17, 15) is 0 Å². The van der Waals surface area contributed by atoms with Gasteiger partial charge in [0.15, 0.2) is 8.32 Å². The molecule has 0 unspecified atom stereocenters. The van der Waals surface area contributed by atoms with Gasteiger partial charge < -0.3 is 14.1 Å². The van der Waals surface area contributed by atoms with Crippen molar-refractivity contribution in [2.75, 3.05) is 18.1 Å². The Morgan fingerprint density at radius 3 is 2.60 bits per heavy atom. The number of rotatable bonds is 10. The van der Waals surface area contributed by atoms with Crippen molar-refractivity contribution in [3.8, 4) is 11.1 Å². The molecule has 6 nitrogen and oxygen atoms in total. The van der Waals surface area contributed by atoms with Crippen LogP contribution < -0.4 is 4.90 Å². The maximum Gasteiger partial charge on any atom is 0.192 e. The normalized spacial score (nSPS) is 14.2. The summed E-state index contributed by atoms with van der Waals surface area (Å²) in [5.41, 5.74) is 6.45. The van der Waals surface area contributed by atoms with E-state index < -0.39 is 16.4 Å². The Morgan fingerprint density at radius 2 is 1.86 bits per heavy atom. The first-order valence-corrected chi connectivity index (χ1v) is 22.4. The standard InChI is InChI=1S/C32H43ClN4O2SSi2/c1-32(2,3)42(7,8)39-21-26-18-29-31(40-26)27(11-12-34-29)28-17-24(33)16-23-10-9-13-37(30(23)28)25-19-35-36(20-25)22-38-14-15-41(4,5)6/h9-12,16-20H,13-15,21-22H2,1-8H3. The fourth-order valence-electron chi connectivity index (χ4n) is 4.70. The maximum absolute atomic E-state index is 6.72. The van der Waals surface area contributed by atoms with Gasteiger partial charge >= 0.3 is 0 Å². The van der Waals surface area contributed by atoms with Crippen LogP contribution in [0, 0.1) is 0 Å². The second kappa shape index (κ2) is 12.0. The van der Waals surface area contributed by atoms with Gasteiger partial charge in [-0.1, -0.05) is 64.2 Å². The number of halogens is 1. The number of hydrogen-bond donors (Lipinski definition) is 0. The van der Waals surface area contributed by atoms with Gasteiger partial charge in [-0.2, -0.15) is 5.10 Å². The Bertz CT molecular complexity index is 1600. The van der Waals surface area contributed by atoms with Crippen LogP contribution in [0.1, 0.15) is 31.2 Å². The number of anilines is 2. The lowest BCUT2D eigenvalue weighted by Gasteiger charge is -2.36. The van der Waals surface area contributed by atoms with E-state index in [0.717, 1.165) is 57.5 Å². The highest BCUT2D eigenvalue weighted by atomic mass is 35.5. The molecule has 10 heteroatoms. The Kier molecular flexibility index (Phi) is 8.91. The summed E-state index contributed by atoms with van der Waals surface area (Å²) in [5.74, 6) is 0. The minimum absolute atomic E-state index is 0.165. The number of benzene rings is 1. The number of nitrogens with zero attached hydrogens (tertiary/aromatic N) is 4. The first-order valence-electron chi connectivity index (χ1n) is 14.6. The van der Waals surface area contributed by atoms with E-state index in [0.29, 0.717) is 18.4 Å². The van der Waals surface area contributed by atoms with Crippen molar-refractivity contribution in [3.63, 3.8) is 0 Å². The Labute approximate surface area is 261 Å². The fourth-order valence-corrected chi connectivity index (χ4v) is 7.79. The molecule has 1 aliphatic heterocycles. The molecule has 42 heavy (non-hydrogen) atoms. The monoisotopic (exact) mass is 638 g/mol. The van der Waals surface area contributed by atoms with Crippen molar-refractivity contribution in [3.05, 3.63) is 64.4 Å². The molecule has 0 saturated carbocycles. The highest BCUT2D eigenvalue weighted by Gasteiger charge is 2.37. The van der Waals surface area contributed by atoms with E-state index in [1.807, 2.05) is 23.1 Å². The Morgan fingerprint density at radius 1 is 1.07 bits per heavy atom. The summed E-state index contributed by atoms with van der Waals surface area (Å²) < 4.78 is 15.5. The number of pyridine rings is 1. The molecule has 0 fully saturated rings. The number of ether oxygens (including phenoxy) is 1. The van der Waals surface area contributed by atoms with Gasteiger partial charge in [-0.15, -0.1) is 11.3 Å². The smallest absolute Gasteiger partial charge is 0.192 e. The minimum Gasteiger partial charge on any atom is -0.412 e. The molecule has 1 aromatic carbocycles. The first kappa shape index (κ1) is 31.2. The summed E-state index contributed by atoms with van der Waals surface area (Å²) in [6, 6.07) is 9.55. The third-order valence-electron chi connectivity index (χ3n) is 8.25. The van der Waals surface area contributed by atoms with Crippen LogP contribution in [0.5, 0.6) is 0 Å². The van der Waals surface area contributed by atoms with Gasteiger partial charge in [-0.25, -0.2) is 4.68 Å². The Hall–Kier alpha value is -2.28. The zero-order valence-electron chi connectivity index (χ0n) is 26.1. The lowest BCUT2D eigenvalue weighted by atomic mass is 9.97. The molecule has 0 saturated heterocycles. The molecular formula is C32H43ClN4O2SSi2. The van der Waals surface area contributed by atoms with Crippen LogP contribution in [0.15, 0.2) is 48.9 Å². The highest BCUT2D eigenvalue weighted by molar-refractivity contribution is 7.19. The van der Waals surface area contributed by atoms with Crippen LogP contribution in [-0.4, -0.2) is 44.3 Å². The van der Waals surface area contributed by atoms with Crippen LogP contribution in [-0.2, 0) is 22.5 Å². The van der Waals surface area contributed by atoms with Gasteiger partial charge in [0.25, 0.3) is 0 Å². The van der Waals surface area contributed by atoms with E-state index in [2.05, 4.69) is 100 Å². The summed E-state index contributed by atoms with van der Waals surface area (Å²) in [4.78, 5) is 8.23. The van der Waals surface area contributed by atoms with Crippen molar-refractivity contribution < 1.29 is 9.16 Å². The number of aromatic nitrogens is 3. The molecule has 0 aliphatic carbocycles. The highest BCUT2D eigenvalue weighted by Crippen LogP contribution is 2.46.